The lowest BCUT2D eigenvalue weighted by Crippen LogP contribution is -2.42. The van der Waals surface area contributed by atoms with Crippen LogP contribution in [0.25, 0.3) is 17.5 Å². The molecule has 1 aliphatic heterocycles. The Bertz CT molecular complexity index is 1770. The Morgan fingerprint density at radius 2 is 1.50 bits per heavy atom. The third kappa shape index (κ3) is 4.87. The van der Waals surface area contributed by atoms with Gasteiger partial charge in [0.1, 0.15) is 10.5 Å². The van der Waals surface area contributed by atoms with Crippen molar-refractivity contribution in [3.8, 4) is 0 Å². The fourth-order valence-corrected chi connectivity index (χ4v) is 5.55. The number of nitro benzene ring substituents is 2. The number of nitro groups is 2. The van der Waals surface area contributed by atoms with E-state index in [4.69, 9.17) is 15.2 Å². The third-order valence-corrected chi connectivity index (χ3v) is 7.11. The van der Waals surface area contributed by atoms with E-state index < -0.39 is 44.8 Å². The van der Waals surface area contributed by atoms with Crippen LogP contribution in [-0.4, -0.2) is 39.6 Å². The Balaban J connectivity index is 2.18. The zero-order valence-corrected chi connectivity index (χ0v) is 22.0. The van der Waals surface area contributed by atoms with Gasteiger partial charge in [-0.25, -0.2) is 9.59 Å². The summed E-state index contributed by atoms with van der Waals surface area (Å²) in [6.45, 7) is 2.92. The lowest BCUT2D eigenvalue weighted by molar-refractivity contribution is -0.385. The number of hydrogen-bond donors (Lipinski definition) is 1. The molecule has 1 aromatic heterocycles. The van der Waals surface area contributed by atoms with Crippen LogP contribution < -0.4 is 20.5 Å². The van der Waals surface area contributed by atoms with Gasteiger partial charge in [0.15, 0.2) is 0 Å². The van der Waals surface area contributed by atoms with E-state index >= 15 is 0 Å². The molecule has 2 heterocycles. The number of nitrogens with zero attached hydrogens (tertiary/aromatic N) is 3. The first-order chi connectivity index (χ1) is 19.1. The summed E-state index contributed by atoms with van der Waals surface area (Å²) in [7, 11) is 0. The number of rotatable bonds is 8. The lowest BCUT2D eigenvalue weighted by atomic mass is 9.82. The average molecular weight is 567 g/mol. The number of esters is 2. The van der Waals surface area contributed by atoms with Gasteiger partial charge in [-0.05, 0) is 26.0 Å². The van der Waals surface area contributed by atoms with Gasteiger partial charge in [-0.1, -0.05) is 30.3 Å². The van der Waals surface area contributed by atoms with Crippen LogP contribution in [0.4, 0.5) is 11.4 Å². The normalized spacial score (nSPS) is 15.0. The van der Waals surface area contributed by atoms with Crippen molar-refractivity contribution in [1.29, 1.82) is 0 Å². The van der Waals surface area contributed by atoms with E-state index in [0.29, 0.717) is 0 Å². The highest BCUT2D eigenvalue weighted by molar-refractivity contribution is 7.07. The first kappa shape index (κ1) is 27.9. The van der Waals surface area contributed by atoms with Crippen LogP contribution >= 0.6 is 11.3 Å². The molecule has 1 aliphatic rings. The van der Waals surface area contributed by atoms with Gasteiger partial charge < -0.3 is 15.2 Å². The second kappa shape index (κ2) is 11.3. The van der Waals surface area contributed by atoms with E-state index in [9.17, 15) is 34.6 Å². The van der Waals surface area contributed by atoms with Crippen molar-refractivity contribution >= 4 is 52.1 Å². The zero-order valence-electron chi connectivity index (χ0n) is 21.2. The average Bonchev–Trinajstić information content (AvgIpc) is 3.24. The van der Waals surface area contributed by atoms with Crippen LogP contribution in [0, 0.1) is 20.2 Å². The topological polar surface area (TPSA) is 187 Å². The number of benzene rings is 2. The van der Waals surface area contributed by atoms with Crippen molar-refractivity contribution in [2.75, 3.05) is 13.2 Å². The Hall–Kier alpha value is -5.11. The van der Waals surface area contributed by atoms with E-state index in [0.717, 1.165) is 15.9 Å². The monoisotopic (exact) mass is 566 g/mol. The standard InChI is InChI=1S/C26H22N4O9S/c1-3-38-25(32)20-19(15-10-6-8-12-17(15)30(36)37)21(26(33)39-4-2)24-28(22(20)27)23(31)18(40-24)13-14-9-5-7-11-16(14)29(34)35/h5-13,19H,3-4,27H2,1-2H3/b18-13-/t19-/m0/s1. The second-order valence-electron chi connectivity index (χ2n) is 8.27. The maximum atomic E-state index is 13.6. The summed E-state index contributed by atoms with van der Waals surface area (Å²) >= 11 is 0.781. The molecule has 0 bridgehead atoms. The maximum absolute atomic E-state index is 13.6. The largest absolute Gasteiger partial charge is 0.463 e. The predicted octanol–water partition coefficient (Wildman–Crippen LogP) is 1.76. The minimum atomic E-state index is -1.42. The molecule has 0 saturated heterocycles. The van der Waals surface area contributed by atoms with Crippen molar-refractivity contribution in [3.63, 3.8) is 0 Å². The molecule has 0 aliphatic carbocycles. The minimum absolute atomic E-state index is 0.0398. The highest BCUT2D eigenvalue weighted by Gasteiger charge is 2.42. The van der Waals surface area contributed by atoms with E-state index in [1.807, 2.05) is 0 Å². The molecule has 4 rings (SSSR count). The highest BCUT2D eigenvalue weighted by Crippen LogP contribution is 2.41. The predicted molar refractivity (Wildman–Crippen MR) is 144 cm³/mol. The molecule has 2 aromatic carbocycles. The van der Waals surface area contributed by atoms with Crippen LogP contribution in [0.2, 0.25) is 0 Å². The van der Waals surface area contributed by atoms with E-state index in [-0.39, 0.29) is 50.4 Å². The van der Waals surface area contributed by atoms with Crippen LogP contribution in [0.3, 0.4) is 0 Å². The number of hydrogen-bond acceptors (Lipinski definition) is 11. The molecule has 0 amide bonds. The molecular formula is C26H22N4O9S. The van der Waals surface area contributed by atoms with Crippen molar-refractivity contribution in [2.24, 2.45) is 5.73 Å². The number of carbonyl (C=O) groups excluding carboxylic acids is 2. The molecule has 2 N–H and O–H groups in total. The first-order valence-electron chi connectivity index (χ1n) is 11.9. The number of nitrogens with two attached hydrogens (primary N) is 1. The van der Waals surface area contributed by atoms with E-state index in [1.54, 1.807) is 13.0 Å². The molecule has 13 nitrogen and oxygen atoms in total. The summed E-state index contributed by atoms with van der Waals surface area (Å²) in [5.41, 5.74) is 4.44. The minimum Gasteiger partial charge on any atom is -0.463 e. The molecule has 1 atom stereocenters. The Kier molecular flexibility index (Phi) is 7.90. The molecule has 0 spiro atoms. The number of fused-ring (bicyclic) bond motifs is 1. The van der Waals surface area contributed by atoms with Gasteiger partial charge in [0.2, 0.25) is 0 Å². The van der Waals surface area contributed by atoms with Crippen molar-refractivity contribution in [2.45, 2.75) is 19.8 Å². The smallest absolute Gasteiger partial charge is 0.338 e. The summed E-state index contributed by atoms with van der Waals surface area (Å²) in [5.74, 6) is -3.74. The van der Waals surface area contributed by atoms with Gasteiger partial charge >= 0.3 is 11.9 Å². The van der Waals surface area contributed by atoms with Crippen LogP contribution in [-0.2, 0) is 19.1 Å². The molecule has 0 saturated carbocycles. The Morgan fingerprint density at radius 1 is 0.950 bits per heavy atom. The van der Waals surface area contributed by atoms with Crippen LogP contribution in [0.15, 0.2) is 58.9 Å². The number of aromatic nitrogens is 1. The number of ether oxygens (including phenoxy) is 2. The Morgan fingerprint density at radius 3 is 2.10 bits per heavy atom. The molecule has 206 valence electrons. The fraction of sp³-hybridized carbons (Fsp3) is 0.192. The summed E-state index contributed by atoms with van der Waals surface area (Å²) in [6, 6.07) is 11.2. The summed E-state index contributed by atoms with van der Waals surface area (Å²) in [4.78, 5) is 62.5. The molecule has 0 fully saturated rings. The van der Waals surface area contributed by atoms with Gasteiger partial charge in [0, 0.05) is 17.7 Å². The molecule has 14 heteroatoms. The maximum Gasteiger partial charge on any atom is 0.338 e. The SMILES string of the molecule is CCOC(=O)C1=C(N)n2c(s/c(=C\c3ccccc3[N+](=O)[O-])c2=O)=C(C(=O)OCC)[C@H]1c1ccccc1[N+](=O)[O-]. The molecule has 3 aromatic rings. The Labute approximate surface area is 229 Å². The number of carbonyl (C=O) groups is 2. The van der Waals surface area contributed by atoms with Gasteiger partial charge in [-0.3, -0.25) is 29.6 Å². The number of thiazole rings is 1. The van der Waals surface area contributed by atoms with Gasteiger partial charge in [-0.2, -0.15) is 0 Å². The van der Waals surface area contributed by atoms with Crippen molar-refractivity contribution in [3.05, 3.63) is 105 Å². The van der Waals surface area contributed by atoms with E-state index in [1.165, 1.54) is 55.5 Å². The van der Waals surface area contributed by atoms with Gasteiger partial charge in [-0.15, -0.1) is 11.3 Å². The van der Waals surface area contributed by atoms with Crippen LogP contribution in [0.1, 0.15) is 30.9 Å². The highest BCUT2D eigenvalue weighted by atomic mass is 32.1. The van der Waals surface area contributed by atoms with Crippen molar-refractivity contribution in [1.82, 2.24) is 4.57 Å². The zero-order chi connectivity index (χ0) is 29.1. The second-order valence-corrected chi connectivity index (χ2v) is 9.31. The number of para-hydroxylation sites is 2. The molecule has 0 radical (unpaired) electrons. The molecule has 0 unspecified atom stereocenters. The van der Waals surface area contributed by atoms with E-state index in [2.05, 4.69) is 0 Å². The van der Waals surface area contributed by atoms with Crippen LogP contribution in [0.5, 0.6) is 0 Å². The quantitative estimate of drug-likeness (QED) is 0.239. The van der Waals surface area contributed by atoms with Gasteiger partial charge in [0.25, 0.3) is 16.9 Å². The molecule has 40 heavy (non-hydrogen) atoms. The third-order valence-electron chi connectivity index (χ3n) is 6.00. The lowest BCUT2D eigenvalue weighted by Gasteiger charge is -2.26. The summed E-state index contributed by atoms with van der Waals surface area (Å²) in [6.07, 6.45) is 1.27. The first-order valence-corrected chi connectivity index (χ1v) is 12.7. The van der Waals surface area contributed by atoms with Crippen molar-refractivity contribution < 1.29 is 28.9 Å². The fourth-order valence-electron chi connectivity index (χ4n) is 4.39. The molecular weight excluding hydrogens is 544 g/mol. The van der Waals surface area contributed by atoms with Gasteiger partial charge in [0.05, 0.1) is 50.2 Å². The summed E-state index contributed by atoms with van der Waals surface area (Å²) in [5, 5.41) is 23.5. The summed E-state index contributed by atoms with van der Waals surface area (Å²) < 4.78 is 11.3.